The van der Waals surface area contributed by atoms with Gasteiger partial charge in [-0.15, -0.1) is 0 Å². The predicted molar refractivity (Wildman–Crippen MR) is 107 cm³/mol. The van der Waals surface area contributed by atoms with Gasteiger partial charge in [0.25, 0.3) is 17.2 Å². The van der Waals surface area contributed by atoms with Crippen molar-refractivity contribution < 1.29 is 41.7 Å². The molecule has 2 aromatic rings. The molecule has 1 aromatic heterocycles. The van der Waals surface area contributed by atoms with E-state index in [1.807, 2.05) is 0 Å². The Morgan fingerprint density at radius 2 is 1.97 bits per heavy atom. The van der Waals surface area contributed by atoms with Crippen LogP contribution in [0.4, 0.5) is 29.3 Å². The third-order valence-electron chi connectivity index (χ3n) is 5.14. The SMILES string of the molecule is Cn1cc(N([C@@H]2CCN(C(=O)O)[C@@H]2CO)S(=O)O)c(F)c1C(=O)Nc1ccc(F)c(F)c1. The highest BCUT2D eigenvalue weighted by molar-refractivity contribution is 7.80. The summed E-state index contributed by atoms with van der Waals surface area (Å²) in [5.74, 6) is -4.59. The molecular weight excluding hydrogens is 457 g/mol. The molecular formula is C18H19F3N4O6S. The minimum Gasteiger partial charge on any atom is -0.465 e. The third-order valence-corrected chi connectivity index (χ3v) is 5.95. The van der Waals surface area contributed by atoms with Gasteiger partial charge in [-0.3, -0.25) is 13.7 Å². The fourth-order valence-corrected chi connectivity index (χ4v) is 4.48. The molecule has 1 unspecified atom stereocenters. The molecule has 174 valence electrons. The molecule has 0 spiro atoms. The molecule has 0 bridgehead atoms. The number of nitrogens with one attached hydrogen (secondary N) is 1. The van der Waals surface area contributed by atoms with Gasteiger partial charge >= 0.3 is 6.09 Å². The molecule has 3 rings (SSSR count). The average molecular weight is 476 g/mol. The van der Waals surface area contributed by atoms with E-state index in [1.165, 1.54) is 7.05 Å². The zero-order chi connectivity index (χ0) is 23.7. The number of carboxylic acid groups (broad SMARTS) is 1. The van der Waals surface area contributed by atoms with Crippen molar-refractivity contribution in [3.8, 4) is 0 Å². The van der Waals surface area contributed by atoms with E-state index in [1.54, 1.807) is 0 Å². The minimum atomic E-state index is -2.83. The Hall–Kier alpha value is -3.10. The zero-order valence-corrected chi connectivity index (χ0v) is 17.4. The van der Waals surface area contributed by atoms with E-state index < -0.39 is 70.8 Å². The molecule has 1 aliphatic rings. The maximum atomic E-state index is 15.2. The smallest absolute Gasteiger partial charge is 0.407 e. The molecule has 0 saturated carbocycles. The van der Waals surface area contributed by atoms with E-state index in [0.29, 0.717) is 10.4 Å². The summed E-state index contributed by atoms with van der Waals surface area (Å²) in [6, 6.07) is 0.383. The monoisotopic (exact) mass is 476 g/mol. The second-order valence-electron chi connectivity index (χ2n) is 7.01. The molecule has 2 heterocycles. The van der Waals surface area contributed by atoms with Crippen LogP contribution in [0.25, 0.3) is 0 Å². The maximum absolute atomic E-state index is 15.2. The van der Waals surface area contributed by atoms with Crippen molar-refractivity contribution in [1.82, 2.24) is 9.47 Å². The van der Waals surface area contributed by atoms with Crippen LogP contribution in [0.15, 0.2) is 24.4 Å². The molecule has 0 radical (unpaired) electrons. The molecule has 14 heteroatoms. The summed E-state index contributed by atoms with van der Waals surface area (Å²) >= 11 is -2.83. The number of aryl methyl sites for hydroxylation is 1. The zero-order valence-electron chi connectivity index (χ0n) is 16.5. The fraction of sp³-hybridized carbons (Fsp3) is 0.333. The Labute approximate surface area is 182 Å². The molecule has 32 heavy (non-hydrogen) atoms. The maximum Gasteiger partial charge on any atom is 0.407 e. The predicted octanol–water partition coefficient (Wildman–Crippen LogP) is 1.75. The number of amides is 2. The van der Waals surface area contributed by atoms with Crippen LogP contribution < -0.4 is 9.62 Å². The number of hydrogen-bond acceptors (Lipinski definition) is 4. The van der Waals surface area contributed by atoms with Crippen molar-refractivity contribution in [2.45, 2.75) is 18.5 Å². The number of aromatic nitrogens is 1. The van der Waals surface area contributed by atoms with Crippen LogP contribution in [-0.4, -0.2) is 65.7 Å². The Kier molecular flexibility index (Phi) is 6.76. The molecule has 0 aliphatic carbocycles. The molecule has 1 fully saturated rings. The van der Waals surface area contributed by atoms with Crippen molar-refractivity contribution in [2.24, 2.45) is 7.05 Å². The number of rotatable bonds is 6. The highest BCUT2D eigenvalue weighted by atomic mass is 32.2. The Balaban J connectivity index is 1.95. The lowest BCUT2D eigenvalue weighted by Gasteiger charge is -2.31. The van der Waals surface area contributed by atoms with Crippen LogP contribution >= 0.6 is 0 Å². The van der Waals surface area contributed by atoms with Gasteiger partial charge in [0.05, 0.1) is 18.7 Å². The summed E-state index contributed by atoms with van der Waals surface area (Å²) in [5.41, 5.74) is -1.19. The van der Waals surface area contributed by atoms with Gasteiger partial charge in [-0.25, -0.2) is 22.2 Å². The summed E-state index contributed by atoms with van der Waals surface area (Å²) < 4.78 is 65.3. The number of carbonyl (C=O) groups excluding carboxylic acids is 1. The Morgan fingerprint density at radius 3 is 2.53 bits per heavy atom. The largest absolute Gasteiger partial charge is 0.465 e. The molecule has 1 aromatic carbocycles. The third kappa shape index (κ3) is 4.28. The van der Waals surface area contributed by atoms with E-state index in [2.05, 4.69) is 5.32 Å². The van der Waals surface area contributed by atoms with Gasteiger partial charge in [0, 0.05) is 31.5 Å². The van der Waals surface area contributed by atoms with Crippen molar-refractivity contribution in [3.63, 3.8) is 0 Å². The Bertz CT molecular complexity index is 1080. The first-order chi connectivity index (χ1) is 15.1. The summed E-state index contributed by atoms with van der Waals surface area (Å²) in [7, 11) is 1.28. The van der Waals surface area contributed by atoms with Crippen molar-refractivity contribution in [1.29, 1.82) is 0 Å². The number of likely N-dealkylation sites (tertiary alicyclic amines) is 1. The second-order valence-corrected chi connectivity index (χ2v) is 7.86. The summed E-state index contributed by atoms with van der Waals surface area (Å²) in [6.45, 7) is -0.737. The number of aliphatic hydroxyl groups is 1. The van der Waals surface area contributed by atoms with Crippen LogP contribution in [0.2, 0.25) is 0 Å². The summed E-state index contributed by atoms with van der Waals surface area (Å²) in [5, 5.41) is 21.1. The lowest BCUT2D eigenvalue weighted by molar-refractivity contribution is 0.101. The van der Waals surface area contributed by atoms with Gasteiger partial charge in [0.15, 0.2) is 17.5 Å². The van der Waals surface area contributed by atoms with Crippen LogP contribution in [0.3, 0.4) is 0 Å². The molecule has 1 saturated heterocycles. The van der Waals surface area contributed by atoms with E-state index in [9.17, 15) is 37.3 Å². The number of aliphatic hydroxyl groups excluding tert-OH is 1. The number of benzene rings is 1. The Morgan fingerprint density at radius 1 is 1.28 bits per heavy atom. The first-order valence-electron chi connectivity index (χ1n) is 9.18. The topological polar surface area (TPSA) is 135 Å². The quantitative estimate of drug-likeness (QED) is 0.469. The molecule has 2 amide bonds. The highest BCUT2D eigenvalue weighted by Gasteiger charge is 2.43. The number of anilines is 2. The lowest BCUT2D eigenvalue weighted by atomic mass is 10.1. The number of halogens is 3. The van der Waals surface area contributed by atoms with Crippen molar-refractivity contribution in [2.75, 3.05) is 22.8 Å². The van der Waals surface area contributed by atoms with E-state index in [4.69, 9.17) is 0 Å². The molecule has 3 atom stereocenters. The van der Waals surface area contributed by atoms with E-state index in [-0.39, 0.29) is 18.7 Å². The molecule has 10 nitrogen and oxygen atoms in total. The van der Waals surface area contributed by atoms with Gasteiger partial charge in [0.1, 0.15) is 11.4 Å². The summed E-state index contributed by atoms with van der Waals surface area (Å²) in [4.78, 5) is 24.8. The van der Waals surface area contributed by atoms with Gasteiger partial charge in [-0.1, -0.05) is 0 Å². The van der Waals surface area contributed by atoms with Crippen molar-refractivity contribution in [3.05, 3.63) is 47.5 Å². The van der Waals surface area contributed by atoms with Gasteiger partial charge in [-0.05, 0) is 18.6 Å². The van der Waals surface area contributed by atoms with Crippen LogP contribution in [0.1, 0.15) is 16.9 Å². The van der Waals surface area contributed by atoms with Gasteiger partial charge in [-0.2, -0.15) is 0 Å². The van der Waals surface area contributed by atoms with Crippen molar-refractivity contribution >= 4 is 34.6 Å². The minimum absolute atomic E-state index is 0.0224. The van der Waals surface area contributed by atoms with Crippen LogP contribution in [0, 0.1) is 17.5 Å². The summed E-state index contributed by atoms with van der Waals surface area (Å²) in [6.07, 6.45) is -0.272. The molecule has 4 N–H and O–H groups in total. The highest BCUT2D eigenvalue weighted by Crippen LogP contribution is 2.33. The van der Waals surface area contributed by atoms with Crippen LogP contribution in [0.5, 0.6) is 0 Å². The first kappa shape index (κ1) is 23.6. The average Bonchev–Trinajstić information content (AvgIpc) is 3.25. The number of nitrogens with zero attached hydrogens (tertiary/aromatic N) is 3. The fourth-order valence-electron chi connectivity index (χ4n) is 3.71. The normalized spacial score (nSPS) is 19.1. The number of hydrogen-bond donors (Lipinski definition) is 4. The standard InChI is InChI=1S/C18H19F3N4O6S/c1-23-7-13(25(32(30)31)12-4-5-24(18(28)29)14(12)8-26)15(21)16(23)17(27)22-9-2-3-10(19)11(20)6-9/h2-3,6-7,12,14,26H,4-5,8H2,1H3,(H,22,27)(H,28,29)(H,30,31)/t12-,14-/m1/s1. The lowest BCUT2D eigenvalue weighted by Crippen LogP contribution is -2.49. The molecule has 1 aliphatic heterocycles. The first-order valence-corrected chi connectivity index (χ1v) is 10.2. The van der Waals surface area contributed by atoms with E-state index >= 15 is 4.39 Å². The van der Waals surface area contributed by atoms with E-state index in [0.717, 1.165) is 27.8 Å². The van der Waals surface area contributed by atoms with Crippen LogP contribution in [-0.2, 0) is 18.3 Å². The number of carbonyl (C=O) groups is 2. The van der Waals surface area contributed by atoms with Gasteiger partial charge < -0.3 is 25.0 Å². The van der Waals surface area contributed by atoms with Gasteiger partial charge in [0.2, 0.25) is 0 Å². The second kappa shape index (κ2) is 9.18.